The average molecular weight is 423 g/mol. The summed E-state index contributed by atoms with van der Waals surface area (Å²) in [6.07, 6.45) is 4.02. The van der Waals surface area contributed by atoms with Crippen molar-refractivity contribution in [3.05, 3.63) is 65.7 Å². The first-order valence-corrected chi connectivity index (χ1v) is 11.5. The molecule has 0 aliphatic carbocycles. The maximum atomic E-state index is 13.0. The fourth-order valence-electron chi connectivity index (χ4n) is 4.17. The fraction of sp³-hybridized carbons (Fsp3) is 0.462. The van der Waals surface area contributed by atoms with Gasteiger partial charge >= 0.3 is 5.97 Å². The zero-order chi connectivity index (χ0) is 22.1. The number of rotatable bonds is 9. The van der Waals surface area contributed by atoms with E-state index in [1.165, 1.54) is 5.56 Å². The van der Waals surface area contributed by atoms with Crippen LogP contribution in [0.2, 0.25) is 0 Å². The minimum Gasteiger partial charge on any atom is -0.462 e. The summed E-state index contributed by atoms with van der Waals surface area (Å²) in [5.74, 6) is -0.301. The van der Waals surface area contributed by atoms with E-state index in [0.717, 1.165) is 45.3 Å². The largest absolute Gasteiger partial charge is 0.462 e. The van der Waals surface area contributed by atoms with E-state index in [2.05, 4.69) is 29.2 Å². The number of para-hydroxylation sites is 1. The van der Waals surface area contributed by atoms with Gasteiger partial charge in [-0.25, -0.2) is 4.79 Å². The SMILES string of the molecule is CCCOC(=O)c1ccccc1N(C(=O)CC)C1CCN(CCc2ccccc2)CC1. The number of amides is 1. The highest BCUT2D eigenvalue weighted by molar-refractivity contribution is 6.02. The predicted octanol–water partition coefficient (Wildman–Crippen LogP) is 4.70. The Kier molecular flexibility index (Phi) is 8.65. The molecule has 166 valence electrons. The zero-order valence-corrected chi connectivity index (χ0v) is 18.8. The Hall–Kier alpha value is -2.66. The van der Waals surface area contributed by atoms with Gasteiger partial charge in [0, 0.05) is 32.1 Å². The molecule has 0 N–H and O–H groups in total. The summed E-state index contributed by atoms with van der Waals surface area (Å²) in [7, 11) is 0. The number of likely N-dealkylation sites (tertiary alicyclic amines) is 1. The Morgan fingerprint density at radius 3 is 2.35 bits per heavy atom. The van der Waals surface area contributed by atoms with Crippen molar-refractivity contribution in [2.45, 2.75) is 52.0 Å². The van der Waals surface area contributed by atoms with Crippen LogP contribution in [0.5, 0.6) is 0 Å². The first-order valence-electron chi connectivity index (χ1n) is 11.5. The van der Waals surface area contributed by atoms with Gasteiger partial charge in [0.05, 0.1) is 17.9 Å². The first-order chi connectivity index (χ1) is 15.1. The normalized spacial score (nSPS) is 14.9. The maximum absolute atomic E-state index is 13.0. The molecule has 1 heterocycles. The molecule has 5 heteroatoms. The van der Waals surface area contributed by atoms with Crippen molar-refractivity contribution in [1.29, 1.82) is 0 Å². The molecule has 3 rings (SSSR count). The van der Waals surface area contributed by atoms with Crippen molar-refractivity contribution in [3.63, 3.8) is 0 Å². The fourth-order valence-corrected chi connectivity index (χ4v) is 4.17. The summed E-state index contributed by atoms with van der Waals surface area (Å²) in [4.78, 5) is 29.9. The lowest BCUT2D eigenvalue weighted by Gasteiger charge is -2.39. The molecule has 0 spiro atoms. The smallest absolute Gasteiger partial charge is 0.340 e. The van der Waals surface area contributed by atoms with Gasteiger partial charge in [0.2, 0.25) is 5.91 Å². The average Bonchev–Trinajstić information content (AvgIpc) is 2.83. The monoisotopic (exact) mass is 422 g/mol. The van der Waals surface area contributed by atoms with Crippen LogP contribution in [0.4, 0.5) is 5.69 Å². The van der Waals surface area contributed by atoms with Crippen molar-refractivity contribution in [3.8, 4) is 0 Å². The number of esters is 1. The van der Waals surface area contributed by atoms with Gasteiger partial charge in [-0.15, -0.1) is 0 Å². The molecule has 2 aromatic carbocycles. The summed E-state index contributed by atoms with van der Waals surface area (Å²) in [6.45, 7) is 7.16. The number of anilines is 1. The molecule has 5 nitrogen and oxygen atoms in total. The van der Waals surface area contributed by atoms with Gasteiger partial charge in [-0.1, -0.05) is 56.3 Å². The molecule has 1 saturated heterocycles. The highest BCUT2D eigenvalue weighted by Gasteiger charge is 2.31. The van der Waals surface area contributed by atoms with Gasteiger partial charge in [-0.05, 0) is 43.4 Å². The van der Waals surface area contributed by atoms with Gasteiger partial charge in [-0.2, -0.15) is 0 Å². The summed E-state index contributed by atoms with van der Waals surface area (Å²) in [6, 6.07) is 18.0. The van der Waals surface area contributed by atoms with E-state index in [9.17, 15) is 9.59 Å². The van der Waals surface area contributed by atoms with Gasteiger partial charge < -0.3 is 14.5 Å². The Labute approximate surface area is 186 Å². The number of ether oxygens (including phenoxy) is 1. The maximum Gasteiger partial charge on any atom is 0.340 e. The van der Waals surface area contributed by atoms with Crippen LogP contribution >= 0.6 is 0 Å². The second-order valence-electron chi connectivity index (χ2n) is 8.08. The van der Waals surface area contributed by atoms with E-state index in [4.69, 9.17) is 4.74 Å². The van der Waals surface area contributed by atoms with E-state index in [-0.39, 0.29) is 17.9 Å². The third kappa shape index (κ3) is 6.17. The minimum absolute atomic E-state index is 0.0541. The van der Waals surface area contributed by atoms with Crippen LogP contribution in [-0.4, -0.2) is 49.1 Å². The quantitative estimate of drug-likeness (QED) is 0.550. The third-order valence-electron chi connectivity index (χ3n) is 5.87. The number of nitrogens with zero attached hydrogens (tertiary/aromatic N) is 2. The molecular formula is C26H34N2O3. The molecule has 0 radical (unpaired) electrons. The lowest BCUT2D eigenvalue weighted by atomic mass is 9.99. The van der Waals surface area contributed by atoms with E-state index in [1.54, 1.807) is 6.07 Å². The lowest BCUT2D eigenvalue weighted by Crippen LogP contribution is -2.48. The molecular weight excluding hydrogens is 388 g/mol. The number of piperidine rings is 1. The Morgan fingerprint density at radius 1 is 1.00 bits per heavy atom. The number of hydrogen-bond donors (Lipinski definition) is 0. The minimum atomic E-state index is -0.355. The second kappa shape index (κ2) is 11.7. The van der Waals surface area contributed by atoms with Crippen LogP contribution in [0.25, 0.3) is 0 Å². The zero-order valence-electron chi connectivity index (χ0n) is 18.8. The summed E-state index contributed by atoms with van der Waals surface area (Å²) in [5.41, 5.74) is 2.51. The van der Waals surface area contributed by atoms with Crippen LogP contribution in [-0.2, 0) is 16.0 Å². The lowest BCUT2D eigenvalue weighted by molar-refractivity contribution is -0.119. The molecule has 1 aliphatic heterocycles. The highest BCUT2D eigenvalue weighted by atomic mass is 16.5. The molecule has 0 bridgehead atoms. The van der Waals surface area contributed by atoms with E-state index < -0.39 is 0 Å². The van der Waals surface area contributed by atoms with Gasteiger partial charge in [-0.3, -0.25) is 4.79 Å². The number of carbonyl (C=O) groups excluding carboxylic acids is 2. The Morgan fingerprint density at radius 2 is 1.68 bits per heavy atom. The molecule has 0 atom stereocenters. The molecule has 0 aromatic heterocycles. The molecule has 1 fully saturated rings. The van der Waals surface area contributed by atoms with Crippen LogP contribution in [0.3, 0.4) is 0 Å². The van der Waals surface area contributed by atoms with E-state index >= 15 is 0 Å². The number of hydrogen-bond acceptors (Lipinski definition) is 4. The van der Waals surface area contributed by atoms with Crippen LogP contribution in [0.15, 0.2) is 54.6 Å². The highest BCUT2D eigenvalue weighted by Crippen LogP contribution is 2.28. The second-order valence-corrected chi connectivity index (χ2v) is 8.08. The summed E-state index contributed by atoms with van der Waals surface area (Å²) >= 11 is 0. The number of benzene rings is 2. The van der Waals surface area contributed by atoms with Crippen molar-refractivity contribution in [2.75, 3.05) is 31.1 Å². The molecule has 0 saturated carbocycles. The van der Waals surface area contributed by atoms with Crippen LogP contribution in [0.1, 0.15) is 55.5 Å². The first kappa shape index (κ1) is 23.0. The Balaban J connectivity index is 1.69. The van der Waals surface area contributed by atoms with Crippen LogP contribution in [0, 0.1) is 0 Å². The molecule has 2 aromatic rings. The van der Waals surface area contributed by atoms with Crippen molar-refractivity contribution < 1.29 is 14.3 Å². The predicted molar refractivity (Wildman–Crippen MR) is 124 cm³/mol. The van der Waals surface area contributed by atoms with Crippen molar-refractivity contribution in [2.24, 2.45) is 0 Å². The summed E-state index contributed by atoms with van der Waals surface area (Å²) < 4.78 is 5.37. The summed E-state index contributed by atoms with van der Waals surface area (Å²) in [5, 5.41) is 0. The topological polar surface area (TPSA) is 49.9 Å². The van der Waals surface area contributed by atoms with Crippen molar-refractivity contribution >= 4 is 17.6 Å². The van der Waals surface area contributed by atoms with Gasteiger partial charge in [0.1, 0.15) is 0 Å². The van der Waals surface area contributed by atoms with Gasteiger partial charge in [0.15, 0.2) is 0 Å². The Bertz CT molecular complexity index is 845. The molecule has 0 unspecified atom stereocenters. The molecule has 1 aliphatic rings. The van der Waals surface area contributed by atoms with Crippen molar-refractivity contribution in [1.82, 2.24) is 4.90 Å². The van der Waals surface area contributed by atoms with E-state index in [1.807, 2.05) is 43.0 Å². The standard InChI is InChI=1S/C26H34N2O3/c1-3-20-31-26(30)23-12-8-9-13-24(23)28(25(29)4-2)22-15-18-27(19-16-22)17-14-21-10-6-5-7-11-21/h5-13,22H,3-4,14-20H2,1-2H3. The van der Waals surface area contributed by atoms with E-state index in [0.29, 0.717) is 24.3 Å². The molecule has 31 heavy (non-hydrogen) atoms. The number of carbonyl (C=O) groups is 2. The molecule has 1 amide bonds. The van der Waals surface area contributed by atoms with Gasteiger partial charge in [0.25, 0.3) is 0 Å². The third-order valence-corrected chi connectivity index (χ3v) is 5.87. The van der Waals surface area contributed by atoms with Crippen LogP contribution < -0.4 is 4.90 Å².